The van der Waals surface area contributed by atoms with E-state index in [2.05, 4.69) is 0 Å². The summed E-state index contributed by atoms with van der Waals surface area (Å²) in [6.45, 7) is 3.74. The molecule has 4 aliphatic rings. The van der Waals surface area contributed by atoms with Crippen molar-refractivity contribution >= 4 is 45.4 Å². The van der Waals surface area contributed by atoms with Crippen LogP contribution < -0.4 is 9.47 Å². The number of carboxylic acids is 2. The summed E-state index contributed by atoms with van der Waals surface area (Å²) in [6, 6.07) is 11.0. The van der Waals surface area contributed by atoms with Crippen molar-refractivity contribution in [3.05, 3.63) is 71.8 Å². The van der Waals surface area contributed by atoms with Crippen molar-refractivity contribution in [1.29, 1.82) is 0 Å². The molecule has 2 saturated carbocycles. The lowest BCUT2D eigenvalue weighted by Crippen LogP contribution is -2.35. The van der Waals surface area contributed by atoms with E-state index in [1.54, 1.807) is 12.1 Å². The van der Waals surface area contributed by atoms with Crippen molar-refractivity contribution in [2.24, 2.45) is 47.3 Å². The third-order valence-electron chi connectivity index (χ3n) is 9.93. The molecule has 0 aromatic heterocycles. The number of esters is 2. The number of aliphatic carboxylic acids is 2. The van der Waals surface area contributed by atoms with Crippen molar-refractivity contribution in [1.82, 2.24) is 0 Å². The molecule has 2 fully saturated rings. The van der Waals surface area contributed by atoms with Gasteiger partial charge in [0.25, 0.3) is 0 Å². The van der Waals surface area contributed by atoms with Gasteiger partial charge in [0.1, 0.15) is 11.5 Å². The van der Waals surface area contributed by atoms with Gasteiger partial charge in [-0.1, -0.05) is 60.7 Å². The molecule has 0 amide bonds. The van der Waals surface area contributed by atoms with Gasteiger partial charge in [-0.05, 0) is 61.5 Å². The molecule has 4 aliphatic carbocycles. The highest BCUT2D eigenvalue weighted by Crippen LogP contribution is 2.52. The van der Waals surface area contributed by atoms with Gasteiger partial charge in [-0.2, -0.15) is 0 Å². The summed E-state index contributed by atoms with van der Waals surface area (Å²) in [5.74, 6) is -6.65. The minimum Gasteiger partial charge on any atom is -0.481 e. The highest BCUT2D eigenvalue weighted by Gasteiger charge is 2.54. The van der Waals surface area contributed by atoms with Crippen LogP contribution in [0.3, 0.4) is 0 Å². The molecule has 0 heterocycles. The standard InChI is InChI=1S/C34H30O8/c1-15-5-3-7-21-23(15)29(41-33(39)27-19-11-9-17(13-19)25(27)31(35)36)22-8-4-6-16(2)24(22)30(21)42-34(40)28-20-12-10-18(14-20)26(28)32(37)38/h3-12,17-20,25-28H,13-14H2,1-2H3,(H,35,36)(H,37,38). The monoisotopic (exact) mass is 566 g/mol. The van der Waals surface area contributed by atoms with Crippen molar-refractivity contribution in [2.45, 2.75) is 26.7 Å². The fourth-order valence-electron chi connectivity index (χ4n) is 8.10. The Morgan fingerprint density at radius 2 is 0.952 bits per heavy atom. The zero-order valence-electron chi connectivity index (χ0n) is 23.2. The first kappa shape index (κ1) is 26.4. The number of hydrogen-bond acceptors (Lipinski definition) is 6. The van der Waals surface area contributed by atoms with Crippen LogP contribution in [0.2, 0.25) is 0 Å². The number of aryl methyl sites for hydroxylation is 2. The fourth-order valence-corrected chi connectivity index (χ4v) is 8.10. The molecular weight excluding hydrogens is 536 g/mol. The number of carboxylic acid groups (broad SMARTS) is 2. The zero-order valence-corrected chi connectivity index (χ0v) is 23.2. The average molecular weight is 567 g/mol. The Bertz CT molecular complexity index is 1640. The van der Waals surface area contributed by atoms with Gasteiger partial charge in [0.15, 0.2) is 0 Å². The van der Waals surface area contributed by atoms with Crippen molar-refractivity contribution in [2.75, 3.05) is 0 Å². The first-order valence-electron chi connectivity index (χ1n) is 14.4. The van der Waals surface area contributed by atoms with Crippen LogP contribution in [-0.4, -0.2) is 34.1 Å². The molecule has 0 radical (unpaired) electrons. The van der Waals surface area contributed by atoms with Crippen LogP contribution in [0.15, 0.2) is 60.7 Å². The summed E-state index contributed by atoms with van der Waals surface area (Å²) >= 11 is 0. The third-order valence-corrected chi connectivity index (χ3v) is 9.93. The minimum atomic E-state index is -1.01. The molecule has 3 aromatic rings. The van der Waals surface area contributed by atoms with E-state index in [0.29, 0.717) is 45.9 Å². The van der Waals surface area contributed by atoms with Gasteiger partial charge in [-0.3, -0.25) is 19.2 Å². The molecule has 7 rings (SSSR count). The highest BCUT2D eigenvalue weighted by atomic mass is 16.5. The molecule has 8 heteroatoms. The normalized spacial score (nSPS) is 30.3. The Kier molecular flexibility index (Phi) is 6.01. The summed E-state index contributed by atoms with van der Waals surface area (Å²) in [5, 5.41) is 22.1. The number of hydrogen-bond donors (Lipinski definition) is 2. The number of benzene rings is 3. The van der Waals surface area contributed by atoms with Gasteiger partial charge in [0.05, 0.1) is 23.7 Å². The van der Waals surface area contributed by atoms with E-state index in [9.17, 15) is 29.4 Å². The Morgan fingerprint density at radius 1 is 0.595 bits per heavy atom. The Hall–Kier alpha value is -4.46. The molecule has 42 heavy (non-hydrogen) atoms. The van der Waals surface area contributed by atoms with Gasteiger partial charge in [-0.25, -0.2) is 0 Å². The SMILES string of the molecule is Cc1cccc2c(OC(=O)C3C4C=CC(C4)C3C(=O)O)c3c(C)cccc3c(OC(=O)C3C4C=CC(C4)C3C(=O)O)c12. The minimum absolute atomic E-state index is 0.192. The number of ether oxygens (including phenoxy) is 2. The summed E-state index contributed by atoms with van der Waals surface area (Å²) in [6.07, 6.45) is 8.83. The predicted molar refractivity (Wildman–Crippen MR) is 153 cm³/mol. The summed E-state index contributed by atoms with van der Waals surface area (Å²) in [4.78, 5) is 51.7. The zero-order chi connectivity index (χ0) is 29.4. The lowest BCUT2D eigenvalue weighted by Gasteiger charge is -2.26. The van der Waals surface area contributed by atoms with E-state index < -0.39 is 47.5 Å². The second-order valence-electron chi connectivity index (χ2n) is 12.2. The fraction of sp³-hybridized carbons (Fsp3) is 0.353. The Morgan fingerprint density at radius 3 is 1.31 bits per heavy atom. The van der Waals surface area contributed by atoms with Crippen molar-refractivity contribution in [3.8, 4) is 11.5 Å². The first-order chi connectivity index (χ1) is 20.2. The van der Waals surface area contributed by atoms with Crippen molar-refractivity contribution in [3.63, 3.8) is 0 Å². The lowest BCUT2D eigenvalue weighted by molar-refractivity contribution is -0.152. The molecular formula is C34H30O8. The largest absolute Gasteiger partial charge is 0.481 e. The smallest absolute Gasteiger partial charge is 0.315 e. The number of rotatable bonds is 6. The molecule has 0 spiro atoms. The average Bonchev–Trinajstić information content (AvgIpc) is 3.75. The molecule has 3 aromatic carbocycles. The van der Waals surface area contributed by atoms with Gasteiger partial charge in [0, 0.05) is 21.5 Å². The number of carbonyl (C=O) groups excluding carboxylic acids is 2. The molecule has 8 nitrogen and oxygen atoms in total. The van der Waals surface area contributed by atoms with E-state index in [1.807, 2.05) is 62.4 Å². The predicted octanol–water partition coefficient (Wildman–Crippen LogP) is 5.47. The molecule has 0 aliphatic heterocycles. The van der Waals surface area contributed by atoms with Crippen LogP contribution >= 0.6 is 0 Å². The first-order valence-corrected chi connectivity index (χ1v) is 14.4. The summed E-state index contributed by atoms with van der Waals surface area (Å²) in [7, 11) is 0. The molecule has 4 bridgehead atoms. The van der Waals surface area contributed by atoms with E-state index in [-0.39, 0.29) is 23.7 Å². The second-order valence-corrected chi connectivity index (χ2v) is 12.2. The summed E-state index contributed by atoms with van der Waals surface area (Å²) in [5.41, 5.74) is 1.56. The van der Waals surface area contributed by atoms with Gasteiger partial charge in [-0.15, -0.1) is 0 Å². The quantitative estimate of drug-likeness (QED) is 0.174. The Balaban J connectivity index is 1.35. The molecule has 0 saturated heterocycles. The van der Waals surface area contributed by atoms with Gasteiger partial charge >= 0.3 is 23.9 Å². The van der Waals surface area contributed by atoms with Crippen LogP contribution in [0, 0.1) is 61.2 Å². The number of allylic oxidation sites excluding steroid dienone is 4. The van der Waals surface area contributed by atoms with E-state index >= 15 is 0 Å². The van der Waals surface area contributed by atoms with Crippen molar-refractivity contribution < 1.29 is 38.9 Å². The number of carbonyl (C=O) groups is 4. The molecule has 2 N–H and O–H groups in total. The maximum atomic E-state index is 13.7. The van der Waals surface area contributed by atoms with E-state index in [1.165, 1.54) is 0 Å². The maximum absolute atomic E-state index is 13.7. The summed E-state index contributed by atoms with van der Waals surface area (Å²) < 4.78 is 12.4. The molecule has 214 valence electrons. The van der Waals surface area contributed by atoms with Crippen LogP contribution in [0.25, 0.3) is 21.5 Å². The lowest BCUT2D eigenvalue weighted by atomic mass is 9.83. The van der Waals surface area contributed by atoms with Crippen LogP contribution in [0.5, 0.6) is 11.5 Å². The number of fused-ring (bicyclic) bond motifs is 6. The molecule has 8 unspecified atom stereocenters. The molecule has 8 atom stereocenters. The van der Waals surface area contributed by atoms with Crippen LogP contribution in [0.1, 0.15) is 24.0 Å². The highest BCUT2D eigenvalue weighted by molar-refractivity contribution is 6.15. The van der Waals surface area contributed by atoms with Crippen LogP contribution in [-0.2, 0) is 19.2 Å². The maximum Gasteiger partial charge on any atom is 0.315 e. The van der Waals surface area contributed by atoms with E-state index in [0.717, 1.165) is 11.1 Å². The Labute approximate surface area is 241 Å². The second kappa shape index (κ2) is 9.54. The topological polar surface area (TPSA) is 127 Å². The van der Waals surface area contributed by atoms with Gasteiger partial charge in [0.2, 0.25) is 0 Å². The third kappa shape index (κ3) is 3.81. The van der Waals surface area contributed by atoms with E-state index in [4.69, 9.17) is 9.47 Å². The van der Waals surface area contributed by atoms with Gasteiger partial charge < -0.3 is 19.7 Å². The van der Waals surface area contributed by atoms with Crippen LogP contribution in [0.4, 0.5) is 0 Å².